The van der Waals surface area contributed by atoms with Gasteiger partial charge in [0, 0.05) is 0 Å². The first kappa shape index (κ1) is 24.2. The average Bonchev–Trinajstić information content (AvgIpc) is 2.69. The Bertz CT molecular complexity index is 1010. The van der Waals surface area contributed by atoms with E-state index in [1.807, 2.05) is 0 Å². The molecule has 10 heteroatoms. The van der Waals surface area contributed by atoms with Gasteiger partial charge in [0.25, 0.3) is 0 Å². The topological polar surface area (TPSA) is 139 Å². The van der Waals surface area contributed by atoms with Gasteiger partial charge in [0.1, 0.15) is 5.75 Å². The number of hydrogen-bond acceptors (Lipinski definition) is 8. The number of carbonyl (C=O) groups is 3. The van der Waals surface area contributed by atoms with Gasteiger partial charge in [-0.25, -0.2) is 4.79 Å². The summed E-state index contributed by atoms with van der Waals surface area (Å²) in [5, 5.41) is 0. The summed E-state index contributed by atoms with van der Waals surface area (Å²) in [6.45, 7) is 6.32. The van der Waals surface area contributed by atoms with E-state index >= 15 is 0 Å². The van der Waals surface area contributed by atoms with Crippen LogP contribution in [0.4, 0.5) is 11.4 Å². The molecule has 0 heterocycles. The summed E-state index contributed by atoms with van der Waals surface area (Å²) in [6, 6.07) is 10.1. The SMILES string of the molecule is Cc1ccc(N(c2ccc(OC(=O)C(C)(C)C)cc2)S(=O)[O-])c(C(=O)OC(=O)CN)c1. The molecule has 1 atom stereocenters. The van der Waals surface area contributed by atoms with Gasteiger partial charge in [-0.05, 0) is 64.1 Å². The Morgan fingerprint density at radius 1 is 1.10 bits per heavy atom. The molecule has 2 aromatic rings. The normalized spacial score (nSPS) is 12.1. The number of esters is 3. The molecule has 0 aliphatic carbocycles. The van der Waals surface area contributed by atoms with E-state index in [0.29, 0.717) is 5.56 Å². The first-order valence-corrected chi connectivity index (χ1v) is 10.2. The van der Waals surface area contributed by atoms with Gasteiger partial charge < -0.3 is 19.8 Å². The van der Waals surface area contributed by atoms with Gasteiger partial charge in [-0.2, -0.15) is 0 Å². The number of carbonyl (C=O) groups excluding carboxylic acids is 3. The molecular weight excluding hydrogens is 424 g/mol. The highest BCUT2D eigenvalue weighted by Crippen LogP contribution is 2.32. The van der Waals surface area contributed by atoms with E-state index in [1.54, 1.807) is 33.8 Å². The Morgan fingerprint density at radius 3 is 2.23 bits per heavy atom. The Labute approximate surface area is 182 Å². The number of nitrogens with zero attached hydrogens (tertiary/aromatic N) is 1. The quantitative estimate of drug-likeness (QED) is 0.308. The molecule has 1 unspecified atom stereocenters. The van der Waals surface area contributed by atoms with E-state index in [-0.39, 0.29) is 22.7 Å². The van der Waals surface area contributed by atoms with Crippen molar-refractivity contribution in [2.75, 3.05) is 10.8 Å². The number of aryl methyl sites for hydroxylation is 1. The highest BCUT2D eigenvalue weighted by atomic mass is 32.2. The third-order valence-electron chi connectivity index (χ3n) is 4.01. The van der Waals surface area contributed by atoms with Crippen LogP contribution in [0.1, 0.15) is 36.7 Å². The molecule has 2 rings (SSSR count). The summed E-state index contributed by atoms with van der Waals surface area (Å²) >= 11 is -2.83. The van der Waals surface area contributed by atoms with Crippen LogP contribution < -0.4 is 14.8 Å². The molecule has 0 spiro atoms. The van der Waals surface area contributed by atoms with Crippen LogP contribution in [0.2, 0.25) is 0 Å². The molecule has 0 aromatic heterocycles. The Hall–Kier alpha value is -3.08. The molecule has 166 valence electrons. The molecule has 0 fully saturated rings. The van der Waals surface area contributed by atoms with Gasteiger partial charge in [0.05, 0.1) is 40.2 Å². The molecule has 31 heavy (non-hydrogen) atoms. The van der Waals surface area contributed by atoms with Crippen LogP contribution in [0.3, 0.4) is 0 Å². The molecule has 0 aliphatic rings. The maximum atomic E-state index is 12.4. The number of hydrogen-bond donors (Lipinski definition) is 1. The van der Waals surface area contributed by atoms with Crippen molar-refractivity contribution in [2.45, 2.75) is 27.7 Å². The fourth-order valence-corrected chi connectivity index (χ4v) is 3.02. The lowest BCUT2D eigenvalue weighted by Crippen LogP contribution is -2.26. The molecule has 0 amide bonds. The predicted molar refractivity (Wildman–Crippen MR) is 113 cm³/mol. The first-order valence-electron chi connectivity index (χ1n) is 9.21. The zero-order valence-electron chi connectivity index (χ0n) is 17.5. The second-order valence-electron chi connectivity index (χ2n) is 7.63. The summed E-state index contributed by atoms with van der Waals surface area (Å²) in [5.41, 5.74) is 5.13. The van der Waals surface area contributed by atoms with Crippen molar-refractivity contribution in [2.24, 2.45) is 11.1 Å². The van der Waals surface area contributed by atoms with Crippen molar-refractivity contribution in [1.29, 1.82) is 0 Å². The second kappa shape index (κ2) is 9.82. The van der Waals surface area contributed by atoms with Gasteiger partial charge in [0.15, 0.2) is 0 Å². The van der Waals surface area contributed by atoms with Gasteiger partial charge >= 0.3 is 17.9 Å². The maximum absolute atomic E-state index is 12.4. The van der Waals surface area contributed by atoms with E-state index in [9.17, 15) is 23.1 Å². The zero-order valence-corrected chi connectivity index (χ0v) is 18.4. The van der Waals surface area contributed by atoms with Crippen LogP contribution in [0.5, 0.6) is 5.75 Å². The molecule has 2 N–H and O–H groups in total. The molecule has 0 bridgehead atoms. The molecule has 0 aliphatic heterocycles. The zero-order chi connectivity index (χ0) is 23.3. The van der Waals surface area contributed by atoms with Gasteiger partial charge in [-0.1, -0.05) is 11.6 Å². The smallest absolute Gasteiger partial charge is 0.347 e. The van der Waals surface area contributed by atoms with Crippen molar-refractivity contribution in [1.82, 2.24) is 0 Å². The lowest BCUT2D eigenvalue weighted by atomic mass is 9.97. The van der Waals surface area contributed by atoms with Crippen LogP contribution in [-0.2, 0) is 25.6 Å². The minimum Gasteiger partial charge on any atom is -0.755 e. The van der Waals surface area contributed by atoms with Crippen LogP contribution in [-0.4, -0.2) is 33.2 Å². The highest BCUT2D eigenvalue weighted by molar-refractivity contribution is 7.81. The van der Waals surface area contributed by atoms with Crippen molar-refractivity contribution in [3.05, 3.63) is 53.6 Å². The molecule has 9 nitrogen and oxygen atoms in total. The summed E-state index contributed by atoms with van der Waals surface area (Å²) < 4.78 is 34.9. The predicted octanol–water partition coefficient (Wildman–Crippen LogP) is 2.52. The summed E-state index contributed by atoms with van der Waals surface area (Å²) in [6.07, 6.45) is 0. The Balaban J connectivity index is 2.43. The van der Waals surface area contributed by atoms with Crippen molar-refractivity contribution >= 4 is 40.5 Å². The van der Waals surface area contributed by atoms with Crippen molar-refractivity contribution < 1.29 is 32.6 Å². The minimum atomic E-state index is -2.83. The van der Waals surface area contributed by atoms with Crippen LogP contribution in [0, 0.1) is 12.3 Å². The molecular formula is C21H23N2O7S-. The van der Waals surface area contributed by atoms with Gasteiger partial charge in [-0.3, -0.25) is 18.1 Å². The number of rotatable bonds is 6. The van der Waals surface area contributed by atoms with E-state index in [2.05, 4.69) is 4.74 Å². The number of anilines is 2. The third kappa shape index (κ3) is 6.20. The Morgan fingerprint density at radius 2 is 1.71 bits per heavy atom. The van der Waals surface area contributed by atoms with Crippen molar-refractivity contribution in [3.63, 3.8) is 0 Å². The summed E-state index contributed by atoms with van der Waals surface area (Å²) in [4.78, 5) is 35.9. The fraction of sp³-hybridized carbons (Fsp3) is 0.286. The standard InChI is InChI=1S/C21H24N2O7S/c1-13-5-10-17(16(11-13)19(25)30-18(24)12-22)23(31(27)28)14-6-8-15(9-7-14)29-20(26)21(2,3)4/h5-11H,12,22H2,1-4H3,(H,27,28)/p-1. The van der Waals surface area contributed by atoms with E-state index in [1.165, 1.54) is 36.4 Å². The lowest BCUT2D eigenvalue weighted by molar-refractivity contribution is -0.143. The second-order valence-corrected chi connectivity index (χ2v) is 8.43. The molecule has 0 saturated heterocycles. The van der Waals surface area contributed by atoms with Crippen LogP contribution in [0.25, 0.3) is 0 Å². The first-order chi connectivity index (χ1) is 14.4. The van der Waals surface area contributed by atoms with Gasteiger partial charge in [-0.15, -0.1) is 0 Å². The monoisotopic (exact) mass is 447 g/mol. The molecule has 2 aromatic carbocycles. The van der Waals surface area contributed by atoms with Crippen molar-refractivity contribution in [3.8, 4) is 5.75 Å². The fourth-order valence-electron chi connectivity index (χ4n) is 2.41. The number of ether oxygens (including phenoxy) is 2. The van der Waals surface area contributed by atoms with Crippen LogP contribution >= 0.6 is 0 Å². The van der Waals surface area contributed by atoms with Crippen LogP contribution in [0.15, 0.2) is 42.5 Å². The van der Waals surface area contributed by atoms with E-state index in [0.717, 1.165) is 4.31 Å². The molecule has 0 saturated carbocycles. The van der Waals surface area contributed by atoms with E-state index in [4.69, 9.17) is 10.5 Å². The number of benzene rings is 2. The summed E-state index contributed by atoms with van der Waals surface area (Å²) in [5.74, 6) is -2.19. The lowest BCUT2D eigenvalue weighted by Gasteiger charge is -2.28. The highest BCUT2D eigenvalue weighted by Gasteiger charge is 2.25. The number of nitrogens with two attached hydrogens (primary N) is 1. The largest absolute Gasteiger partial charge is 0.755 e. The third-order valence-corrected chi connectivity index (χ3v) is 4.71. The molecule has 0 radical (unpaired) electrons. The van der Waals surface area contributed by atoms with E-state index < -0.39 is 41.1 Å². The van der Waals surface area contributed by atoms with Gasteiger partial charge in [0.2, 0.25) is 0 Å². The summed E-state index contributed by atoms with van der Waals surface area (Å²) in [7, 11) is 0. The average molecular weight is 447 g/mol. The Kier molecular flexibility index (Phi) is 7.66. The maximum Gasteiger partial charge on any atom is 0.347 e. The minimum absolute atomic E-state index is 0.0202.